The first-order valence-corrected chi connectivity index (χ1v) is 5.44. The molecule has 1 aliphatic rings. The van der Waals surface area contributed by atoms with Gasteiger partial charge in [-0.05, 0) is 19.8 Å². The van der Waals surface area contributed by atoms with Crippen LogP contribution in [0.2, 0.25) is 0 Å². The summed E-state index contributed by atoms with van der Waals surface area (Å²) < 4.78 is 0.384. The van der Waals surface area contributed by atoms with Crippen LogP contribution in [-0.2, 0) is 0 Å². The van der Waals surface area contributed by atoms with E-state index >= 15 is 0 Å². The van der Waals surface area contributed by atoms with E-state index in [0.717, 1.165) is 6.54 Å². The van der Waals surface area contributed by atoms with E-state index < -0.39 is 0 Å². The highest BCUT2D eigenvalue weighted by atomic mass is 32.2. The second-order valence-corrected chi connectivity index (χ2v) is 6.38. The van der Waals surface area contributed by atoms with E-state index in [1.165, 1.54) is 0 Å². The Labute approximate surface area is 80.1 Å². The number of nitrogens with zero attached hydrogens (tertiary/aromatic N) is 1. The molecule has 0 aromatic heterocycles. The summed E-state index contributed by atoms with van der Waals surface area (Å²) in [6.07, 6.45) is 0. The molecular weight excluding hydrogens is 168 g/mol. The number of hydrazine groups is 1. The predicted octanol–water partition coefficient (Wildman–Crippen LogP) is 1.93. The van der Waals surface area contributed by atoms with Gasteiger partial charge in [0.05, 0.1) is 5.37 Å². The fourth-order valence-electron chi connectivity index (χ4n) is 1.53. The molecule has 1 saturated heterocycles. The van der Waals surface area contributed by atoms with Gasteiger partial charge in [0.1, 0.15) is 0 Å². The molecule has 3 heteroatoms. The van der Waals surface area contributed by atoms with Crippen LogP contribution in [0.3, 0.4) is 0 Å². The lowest BCUT2D eigenvalue weighted by Gasteiger charge is -2.42. The van der Waals surface area contributed by atoms with Crippen molar-refractivity contribution in [2.24, 2.45) is 5.92 Å². The lowest BCUT2D eigenvalue weighted by molar-refractivity contribution is 0.180. The Balaban J connectivity index is 2.58. The van der Waals surface area contributed by atoms with Gasteiger partial charge in [-0.3, -0.25) is 0 Å². The van der Waals surface area contributed by atoms with Crippen LogP contribution < -0.4 is 5.43 Å². The molecule has 1 heterocycles. The average molecular weight is 188 g/mol. The smallest absolute Gasteiger partial charge is 0.0696 e. The van der Waals surface area contributed by atoms with Gasteiger partial charge in [0, 0.05) is 18.3 Å². The average Bonchev–Trinajstić information content (AvgIpc) is 1.82. The third-order valence-electron chi connectivity index (χ3n) is 2.02. The zero-order valence-corrected chi connectivity index (χ0v) is 9.53. The monoisotopic (exact) mass is 188 g/mol. The maximum absolute atomic E-state index is 3.47. The van der Waals surface area contributed by atoms with Gasteiger partial charge in [-0.1, -0.05) is 13.8 Å². The van der Waals surface area contributed by atoms with Crippen LogP contribution >= 0.6 is 11.8 Å². The first-order chi connectivity index (χ1) is 5.41. The van der Waals surface area contributed by atoms with Crippen molar-refractivity contribution < 1.29 is 0 Å². The topological polar surface area (TPSA) is 15.3 Å². The van der Waals surface area contributed by atoms with Crippen molar-refractivity contribution in [3.63, 3.8) is 0 Å². The summed E-state index contributed by atoms with van der Waals surface area (Å²) in [6.45, 7) is 10.3. The molecule has 0 aromatic rings. The third kappa shape index (κ3) is 2.64. The second kappa shape index (κ2) is 3.56. The first kappa shape index (κ1) is 10.4. The molecule has 1 unspecified atom stereocenters. The van der Waals surface area contributed by atoms with Gasteiger partial charge in [0.15, 0.2) is 0 Å². The summed E-state index contributed by atoms with van der Waals surface area (Å²) in [4.78, 5) is 0. The summed E-state index contributed by atoms with van der Waals surface area (Å²) in [5.41, 5.74) is 3.47. The maximum atomic E-state index is 3.47. The minimum absolute atomic E-state index is 0.384. The van der Waals surface area contributed by atoms with Crippen molar-refractivity contribution in [3.8, 4) is 0 Å². The number of nitrogens with one attached hydrogen (secondary N) is 1. The van der Waals surface area contributed by atoms with Crippen molar-refractivity contribution >= 4 is 11.8 Å². The zero-order valence-electron chi connectivity index (χ0n) is 8.72. The van der Waals surface area contributed by atoms with E-state index in [2.05, 4.69) is 45.2 Å². The van der Waals surface area contributed by atoms with E-state index in [1.807, 2.05) is 11.8 Å². The highest BCUT2D eigenvalue weighted by Gasteiger charge is 2.32. The SMILES string of the molecule is CC(C)C1NN(C)CC(C)(C)S1. The molecule has 1 rings (SSSR count). The Morgan fingerprint density at radius 1 is 1.50 bits per heavy atom. The van der Waals surface area contributed by atoms with E-state index in [-0.39, 0.29) is 0 Å². The van der Waals surface area contributed by atoms with Crippen LogP contribution in [0.4, 0.5) is 0 Å². The number of rotatable bonds is 1. The molecule has 1 atom stereocenters. The molecule has 1 fully saturated rings. The lowest BCUT2D eigenvalue weighted by Crippen LogP contribution is -2.54. The van der Waals surface area contributed by atoms with E-state index in [0.29, 0.717) is 16.0 Å². The molecule has 0 spiro atoms. The number of hydrogen-bond acceptors (Lipinski definition) is 3. The molecule has 1 aliphatic heterocycles. The Bertz CT molecular complexity index is 157. The van der Waals surface area contributed by atoms with Crippen LogP contribution in [-0.4, -0.2) is 28.7 Å². The summed E-state index contributed by atoms with van der Waals surface area (Å²) in [6, 6.07) is 0. The van der Waals surface area contributed by atoms with Crippen LogP contribution in [0, 0.1) is 5.92 Å². The molecule has 0 bridgehead atoms. The van der Waals surface area contributed by atoms with E-state index in [9.17, 15) is 0 Å². The van der Waals surface area contributed by atoms with Crippen molar-refractivity contribution in [3.05, 3.63) is 0 Å². The summed E-state index contributed by atoms with van der Waals surface area (Å²) >= 11 is 2.05. The molecule has 0 aromatic carbocycles. The molecule has 0 amide bonds. The predicted molar refractivity (Wildman–Crippen MR) is 56.1 cm³/mol. The van der Waals surface area contributed by atoms with E-state index in [1.54, 1.807) is 0 Å². The van der Waals surface area contributed by atoms with Gasteiger partial charge < -0.3 is 0 Å². The minimum atomic E-state index is 0.384. The van der Waals surface area contributed by atoms with Gasteiger partial charge in [0.2, 0.25) is 0 Å². The summed E-state index contributed by atoms with van der Waals surface area (Å²) in [5, 5.41) is 2.78. The maximum Gasteiger partial charge on any atom is 0.0696 e. The highest BCUT2D eigenvalue weighted by molar-refractivity contribution is 8.01. The standard InChI is InChI=1S/C9H20N2S/c1-7(2)8-10-11(5)6-9(3,4)12-8/h7-8,10H,6H2,1-5H3. The second-order valence-electron chi connectivity index (χ2n) is 4.53. The van der Waals surface area contributed by atoms with Gasteiger partial charge in [-0.15, -0.1) is 11.8 Å². The Morgan fingerprint density at radius 2 is 2.08 bits per heavy atom. The molecule has 72 valence electrons. The van der Waals surface area contributed by atoms with Crippen LogP contribution in [0.1, 0.15) is 27.7 Å². The van der Waals surface area contributed by atoms with Crippen molar-refractivity contribution in [1.29, 1.82) is 0 Å². The molecule has 12 heavy (non-hydrogen) atoms. The van der Waals surface area contributed by atoms with Crippen molar-refractivity contribution in [2.45, 2.75) is 37.8 Å². The summed E-state index contributed by atoms with van der Waals surface area (Å²) in [7, 11) is 2.12. The molecule has 0 aliphatic carbocycles. The normalized spacial score (nSPS) is 31.0. The Morgan fingerprint density at radius 3 is 2.50 bits per heavy atom. The number of thioether (sulfide) groups is 1. The fraction of sp³-hybridized carbons (Fsp3) is 1.00. The molecular formula is C9H20N2S. The van der Waals surface area contributed by atoms with Gasteiger partial charge in [-0.2, -0.15) is 0 Å². The first-order valence-electron chi connectivity index (χ1n) is 4.56. The molecule has 2 nitrogen and oxygen atoms in total. The fourth-order valence-corrected chi connectivity index (χ4v) is 2.99. The van der Waals surface area contributed by atoms with E-state index in [4.69, 9.17) is 0 Å². The third-order valence-corrected chi connectivity index (χ3v) is 3.69. The van der Waals surface area contributed by atoms with Crippen molar-refractivity contribution in [2.75, 3.05) is 13.6 Å². The Hall–Kier alpha value is 0.270. The molecule has 0 saturated carbocycles. The highest BCUT2D eigenvalue weighted by Crippen LogP contribution is 2.34. The zero-order chi connectivity index (χ0) is 9.35. The Kier molecular flexibility index (Phi) is 3.07. The molecule has 0 radical (unpaired) electrons. The van der Waals surface area contributed by atoms with Crippen LogP contribution in [0.15, 0.2) is 0 Å². The van der Waals surface area contributed by atoms with Gasteiger partial charge >= 0.3 is 0 Å². The van der Waals surface area contributed by atoms with Crippen molar-refractivity contribution in [1.82, 2.24) is 10.4 Å². The lowest BCUT2D eigenvalue weighted by atomic mass is 10.2. The molecule has 1 N–H and O–H groups in total. The minimum Gasteiger partial charge on any atom is -0.245 e. The summed E-state index contributed by atoms with van der Waals surface area (Å²) in [5.74, 6) is 0.692. The van der Waals surface area contributed by atoms with Crippen LogP contribution in [0.25, 0.3) is 0 Å². The largest absolute Gasteiger partial charge is 0.245 e. The van der Waals surface area contributed by atoms with Gasteiger partial charge in [-0.25, -0.2) is 10.4 Å². The van der Waals surface area contributed by atoms with Gasteiger partial charge in [0.25, 0.3) is 0 Å². The van der Waals surface area contributed by atoms with Crippen LogP contribution in [0.5, 0.6) is 0 Å². The quantitative estimate of drug-likeness (QED) is 0.677. The number of hydrogen-bond donors (Lipinski definition) is 1.